The summed E-state index contributed by atoms with van der Waals surface area (Å²) in [6, 6.07) is 0. The van der Waals surface area contributed by atoms with Gasteiger partial charge in [0.2, 0.25) is 0 Å². The Balaban J connectivity index is 2.18. The van der Waals surface area contributed by atoms with Crippen LogP contribution in [0.4, 0.5) is 0 Å². The molecule has 0 radical (unpaired) electrons. The van der Waals surface area contributed by atoms with E-state index in [1.165, 1.54) is 0 Å². The number of hydrogen-bond donors (Lipinski definition) is 0. The van der Waals surface area contributed by atoms with Gasteiger partial charge in [0, 0.05) is 6.42 Å². The first-order valence-corrected chi connectivity index (χ1v) is 5.57. The van der Waals surface area contributed by atoms with E-state index in [-0.39, 0.29) is 12.1 Å². The lowest BCUT2D eigenvalue weighted by Gasteiger charge is -2.20. The summed E-state index contributed by atoms with van der Waals surface area (Å²) in [7, 11) is 0. The van der Waals surface area contributed by atoms with Crippen LogP contribution < -0.4 is 0 Å². The molecule has 0 N–H and O–H groups in total. The van der Waals surface area contributed by atoms with E-state index in [0.717, 1.165) is 38.5 Å². The first kappa shape index (κ1) is 12.0. The minimum Gasteiger partial charge on any atom is -0.468 e. The Hall–Kier alpha value is -1.06. The summed E-state index contributed by atoms with van der Waals surface area (Å²) in [5.74, 6) is -0.0870. The lowest BCUT2D eigenvalue weighted by Crippen LogP contribution is -2.20. The van der Waals surface area contributed by atoms with E-state index in [4.69, 9.17) is 4.74 Å². The molecular formula is C11H18O4. The van der Waals surface area contributed by atoms with Gasteiger partial charge in [-0.2, -0.15) is 0 Å². The standard InChI is InChI=1S/C11H18O4/c12-9-14-8-4-6-10-5-2-1-3-7-11(13)15-10/h9-10H,1-8H2. The average molecular weight is 214 g/mol. The quantitative estimate of drug-likeness (QED) is 0.398. The van der Waals surface area contributed by atoms with E-state index in [2.05, 4.69) is 4.74 Å². The van der Waals surface area contributed by atoms with E-state index in [9.17, 15) is 9.59 Å². The third-order valence-corrected chi connectivity index (χ3v) is 2.56. The molecule has 1 fully saturated rings. The van der Waals surface area contributed by atoms with Crippen molar-refractivity contribution >= 4 is 12.4 Å². The van der Waals surface area contributed by atoms with Crippen LogP contribution in [0.3, 0.4) is 0 Å². The summed E-state index contributed by atoms with van der Waals surface area (Å²) >= 11 is 0. The highest BCUT2D eigenvalue weighted by Crippen LogP contribution is 2.17. The lowest BCUT2D eigenvalue weighted by atomic mass is 10.0. The van der Waals surface area contributed by atoms with Gasteiger partial charge in [-0.1, -0.05) is 6.42 Å². The van der Waals surface area contributed by atoms with Crippen molar-refractivity contribution in [1.29, 1.82) is 0 Å². The van der Waals surface area contributed by atoms with Crippen molar-refractivity contribution in [3.05, 3.63) is 0 Å². The van der Waals surface area contributed by atoms with E-state index in [1.807, 2.05) is 0 Å². The smallest absolute Gasteiger partial charge is 0.306 e. The monoisotopic (exact) mass is 214 g/mol. The van der Waals surface area contributed by atoms with Crippen LogP contribution in [-0.2, 0) is 19.1 Å². The van der Waals surface area contributed by atoms with Gasteiger partial charge >= 0.3 is 5.97 Å². The van der Waals surface area contributed by atoms with E-state index < -0.39 is 0 Å². The van der Waals surface area contributed by atoms with Crippen molar-refractivity contribution in [3.8, 4) is 0 Å². The number of hydrogen-bond acceptors (Lipinski definition) is 4. The molecule has 0 amide bonds. The van der Waals surface area contributed by atoms with Gasteiger partial charge in [-0.05, 0) is 32.1 Å². The molecule has 86 valence electrons. The molecule has 1 rings (SSSR count). The molecule has 0 spiro atoms. The predicted octanol–water partition coefficient (Wildman–Crippen LogP) is 1.82. The van der Waals surface area contributed by atoms with Crippen LogP contribution in [0.2, 0.25) is 0 Å². The summed E-state index contributed by atoms with van der Waals surface area (Å²) in [6.07, 6.45) is 6.22. The Morgan fingerprint density at radius 2 is 2.27 bits per heavy atom. The highest BCUT2D eigenvalue weighted by molar-refractivity contribution is 5.69. The topological polar surface area (TPSA) is 52.6 Å². The number of esters is 1. The molecule has 1 unspecified atom stereocenters. The molecule has 1 atom stereocenters. The molecule has 0 aromatic heterocycles. The highest BCUT2D eigenvalue weighted by Gasteiger charge is 2.16. The summed E-state index contributed by atoms with van der Waals surface area (Å²) in [5, 5.41) is 0. The Morgan fingerprint density at radius 3 is 3.07 bits per heavy atom. The fraction of sp³-hybridized carbons (Fsp3) is 0.818. The second-order valence-corrected chi connectivity index (χ2v) is 3.82. The molecule has 1 aliphatic heterocycles. The molecule has 0 aromatic carbocycles. The second-order valence-electron chi connectivity index (χ2n) is 3.82. The third-order valence-electron chi connectivity index (χ3n) is 2.56. The first-order valence-electron chi connectivity index (χ1n) is 5.57. The summed E-state index contributed by atoms with van der Waals surface area (Å²) in [4.78, 5) is 21.1. The fourth-order valence-electron chi connectivity index (χ4n) is 1.77. The molecule has 0 saturated carbocycles. The van der Waals surface area contributed by atoms with Gasteiger partial charge in [0.1, 0.15) is 6.10 Å². The van der Waals surface area contributed by atoms with Crippen LogP contribution in [0.15, 0.2) is 0 Å². The maximum absolute atomic E-state index is 11.2. The summed E-state index contributed by atoms with van der Waals surface area (Å²) in [5.41, 5.74) is 0. The van der Waals surface area contributed by atoms with Gasteiger partial charge in [-0.25, -0.2) is 0 Å². The second kappa shape index (κ2) is 7.26. The lowest BCUT2D eigenvalue weighted by molar-refractivity contribution is -0.151. The van der Waals surface area contributed by atoms with E-state index in [0.29, 0.717) is 19.5 Å². The molecule has 0 aromatic rings. The van der Waals surface area contributed by atoms with Crippen molar-refractivity contribution in [2.24, 2.45) is 0 Å². The molecule has 4 nitrogen and oxygen atoms in total. The first-order chi connectivity index (χ1) is 7.33. The van der Waals surface area contributed by atoms with Gasteiger partial charge < -0.3 is 9.47 Å². The predicted molar refractivity (Wildman–Crippen MR) is 54.2 cm³/mol. The average Bonchev–Trinajstić information content (AvgIpc) is 2.19. The number of carbonyl (C=O) groups excluding carboxylic acids is 2. The van der Waals surface area contributed by atoms with Crippen LogP contribution in [0.5, 0.6) is 0 Å². The SMILES string of the molecule is O=COCCCC1CCCCCC(=O)O1. The zero-order chi connectivity index (χ0) is 10.9. The van der Waals surface area contributed by atoms with Crippen molar-refractivity contribution in [3.63, 3.8) is 0 Å². The van der Waals surface area contributed by atoms with Crippen LogP contribution in [-0.4, -0.2) is 25.2 Å². The number of carbonyl (C=O) groups is 2. The minimum atomic E-state index is -0.0870. The van der Waals surface area contributed by atoms with Crippen molar-refractivity contribution in [2.75, 3.05) is 6.61 Å². The van der Waals surface area contributed by atoms with Crippen LogP contribution in [0, 0.1) is 0 Å². The van der Waals surface area contributed by atoms with Gasteiger partial charge in [-0.15, -0.1) is 0 Å². The van der Waals surface area contributed by atoms with Crippen molar-refractivity contribution < 1.29 is 19.1 Å². The van der Waals surface area contributed by atoms with E-state index >= 15 is 0 Å². The molecular weight excluding hydrogens is 196 g/mol. The maximum Gasteiger partial charge on any atom is 0.306 e. The molecule has 0 bridgehead atoms. The van der Waals surface area contributed by atoms with Crippen LogP contribution >= 0.6 is 0 Å². The number of cyclic esters (lactones) is 1. The fourth-order valence-corrected chi connectivity index (χ4v) is 1.77. The van der Waals surface area contributed by atoms with Crippen LogP contribution in [0.25, 0.3) is 0 Å². The Kier molecular flexibility index (Phi) is 5.81. The summed E-state index contributed by atoms with van der Waals surface area (Å²) < 4.78 is 9.87. The highest BCUT2D eigenvalue weighted by atomic mass is 16.5. The van der Waals surface area contributed by atoms with Gasteiger partial charge in [0.05, 0.1) is 6.61 Å². The van der Waals surface area contributed by atoms with Gasteiger partial charge in [0.25, 0.3) is 6.47 Å². The number of rotatable bonds is 5. The Bertz CT molecular complexity index is 203. The van der Waals surface area contributed by atoms with Crippen molar-refractivity contribution in [2.45, 2.75) is 51.0 Å². The maximum atomic E-state index is 11.2. The number of ether oxygens (including phenoxy) is 2. The normalized spacial score (nSPS) is 22.4. The van der Waals surface area contributed by atoms with Gasteiger partial charge in [0.15, 0.2) is 0 Å². The molecule has 0 aliphatic carbocycles. The molecule has 15 heavy (non-hydrogen) atoms. The Morgan fingerprint density at radius 1 is 1.40 bits per heavy atom. The molecule has 1 saturated heterocycles. The Labute approximate surface area is 89.9 Å². The molecule has 4 heteroatoms. The summed E-state index contributed by atoms with van der Waals surface area (Å²) in [6.45, 7) is 0.863. The zero-order valence-corrected chi connectivity index (χ0v) is 8.94. The molecule has 1 aliphatic rings. The third kappa shape index (κ3) is 5.40. The largest absolute Gasteiger partial charge is 0.468 e. The van der Waals surface area contributed by atoms with Gasteiger partial charge in [-0.3, -0.25) is 9.59 Å². The zero-order valence-electron chi connectivity index (χ0n) is 8.94. The van der Waals surface area contributed by atoms with Crippen LogP contribution in [0.1, 0.15) is 44.9 Å². The molecule has 1 heterocycles. The van der Waals surface area contributed by atoms with E-state index in [1.54, 1.807) is 0 Å². The van der Waals surface area contributed by atoms with Crippen molar-refractivity contribution in [1.82, 2.24) is 0 Å². The minimum absolute atomic E-state index is 0.0213.